The van der Waals surface area contributed by atoms with Gasteiger partial charge in [0.05, 0.1) is 31.4 Å². The van der Waals surface area contributed by atoms with Crippen molar-refractivity contribution >= 4 is 11.9 Å². The van der Waals surface area contributed by atoms with Gasteiger partial charge in [0.25, 0.3) is 0 Å². The fraction of sp³-hybridized carbons (Fsp3) is 0.586. The maximum absolute atomic E-state index is 13.7. The molecule has 0 N–H and O–H groups in total. The van der Waals surface area contributed by atoms with Gasteiger partial charge in [-0.25, -0.2) is 4.79 Å². The zero-order chi connectivity index (χ0) is 26.0. The third kappa shape index (κ3) is 3.86. The van der Waals surface area contributed by atoms with Crippen LogP contribution >= 0.6 is 0 Å². The number of benzene rings is 1. The predicted octanol–water partition coefficient (Wildman–Crippen LogP) is 3.47. The molecule has 0 aromatic heterocycles. The second-order valence-corrected chi connectivity index (χ2v) is 11.7. The molecule has 4 atom stereocenters. The lowest BCUT2D eigenvalue weighted by Gasteiger charge is -2.41. The van der Waals surface area contributed by atoms with Crippen LogP contribution < -0.4 is 9.47 Å². The molecule has 2 fully saturated rings. The highest BCUT2D eigenvalue weighted by Gasteiger charge is 2.60. The first kappa shape index (κ1) is 24.2. The molecule has 37 heavy (non-hydrogen) atoms. The van der Waals surface area contributed by atoms with Crippen molar-refractivity contribution in [2.75, 3.05) is 27.0 Å². The van der Waals surface area contributed by atoms with Crippen LogP contribution in [0.3, 0.4) is 0 Å². The van der Waals surface area contributed by atoms with Crippen molar-refractivity contribution in [1.82, 2.24) is 4.90 Å². The van der Waals surface area contributed by atoms with Gasteiger partial charge in [-0.15, -0.1) is 0 Å². The molecule has 0 amide bonds. The summed E-state index contributed by atoms with van der Waals surface area (Å²) in [6.07, 6.45) is 4.40. The van der Waals surface area contributed by atoms with Crippen molar-refractivity contribution in [3.63, 3.8) is 0 Å². The maximum Gasteiger partial charge on any atom is 0.353 e. The number of esters is 2. The Balaban J connectivity index is 1.37. The number of rotatable bonds is 4. The number of hydrogen-bond donors (Lipinski definition) is 0. The minimum Gasteiger partial charge on any atom is -0.497 e. The Bertz CT molecular complexity index is 1240. The van der Waals surface area contributed by atoms with E-state index >= 15 is 0 Å². The first-order valence-corrected chi connectivity index (χ1v) is 13.0. The Hall–Kier alpha value is -3.18. The molecule has 0 saturated carbocycles. The van der Waals surface area contributed by atoms with Crippen LogP contribution in [0.25, 0.3) is 0 Å². The zero-order valence-corrected chi connectivity index (χ0v) is 21.8. The van der Waals surface area contributed by atoms with Gasteiger partial charge in [0.1, 0.15) is 5.76 Å². The van der Waals surface area contributed by atoms with Gasteiger partial charge >= 0.3 is 11.9 Å². The van der Waals surface area contributed by atoms with Crippen LogP contribution in [0.4, 0.5) is 0 Å². The summed E-state index contributed by atoms with van der Waals surface area (Å²) in [5.74, 6) is 7.08. The Kier molecular flexibility index (Phi) is 5.50. The Morgan fingerprint density at radius 1 is 1.22 bits per heavy atom. The average Bonchev–Trinajstić information content (AvgIpc) is 3.50. The number of cyclic esters (lactones) is 1. The van der Waals surface area contributed by atoms with Crippen LogP contribution in [0, 0.1) is 17.3 Å². The van der Waals surface area contributed by atoms with Crippen LogP contribution in [-0.4, -0.2) is 61.1 Å². The third-order valence-electron chi connectivity index (χ3n) is 8.15. The van der Waals surface area contributed by atoms with Gasteiger partial charge < -0.3 is 23.7 Å². The van der Waals surface area contributed by atoms with Crippen LogP contribution in [-0.2, 0) is 30.2 Å². The first-order chi connectivity index (χ1) is 17.6. The molecule has 4 heterocycles. The van der Waals surface area contributed by atoms with Crippen molar-refractivity contribution < 1.29 is 33.3 Å². The van der Waals surface area contributed by atoms with Gasteiger partial charge in [0.2, 0.25) is 12.4 Å². The summed E-state index contributed by atoms with van der Waals surface area (Å²) in [5.41, 5.74) is 0.300. The van der Waals surface area contributed by atoms with Gasteiger partial charge in [-0.1, -0.05) is 11.8 Å². The number of fused-ring (bicyclic) bond motifs is 3. The molecule has 8 nitrogen and oxygen atoms in total. The quantitative estimate of drug-likeness (QED) is 0.453. The number of carbonyl (C=O) groups excluding carboxylic acids is 2. The summed E-state index contributed by atoms with van der Waals surface area (Å²) in [5, 5.41) is 0. The standard InChI is InChI=1S/C29H33NO7/c1-27(2,3)8-5-10-29(16-23(31)37-29)26(32)36-25-22(33-4)15-28-9-6-11-30(28)12-7-18-13-20-21(35-17-34-20)14-19(18)24(25)28/h13-15,24-25H,6-7,9-12,16-17H2,1-4H3/t24-,25-,28+,29-/m1/s1. The fourth-order valence-electron chi connectivity index (χ4n) is 6.50. The Labute approximate surface area is 217 Å². The summed E-state index contributed by atoms with van der Waals surface area (Å²) in [4.78, 5) is 28.1. The van der Waals surface area contributed by atoms with E-state index in [1.807, 2.05) is 26.8 Å². The van der Waals surface area contributed by atoms with Crippen molar-refractivity contribution in [1.29, 1.82) is 0 Å². The van der Waals surface area contributed by atoms with E-state index in [1.165, 1.54) is 0 Å². The molecule has 0 radical (unpaired) electrons. The van der Waals surface area contributed by atoms with Gasteiger partial charge in [-0.05, 0) is 75.9 Å². The average molecular weight is 508 g/mol. The Morgan fingerprint density at radius 3 is 2.68 bits per heavy atom. The monoisotopic (exact) mass is 507 g/mol. The van der Waals surface area contributed by atoms with E-state index in [-0.39, 0.29) is 36.5 Å². The molecule has 0 bridgehead atoms. The van der Waals surface area contributed by atoms with Gasteiger partial charge in [-0.2, -0.15) is 0 Å². The van der Waals surface area contributed by atoms with Gasteiger partial charge in [0.15, 0.2) is 17.6 Å². The van der Waals surface area contributed by atoms with E-state index < -0.39 is 23.6 Å². The lowest BCUT2D eigenvalue weighted by atomic mass is 9.77. The summed E-state index contributed by atoms with van der Waals surface area (Å²) in [6.45, 7) is 8.04. The van der Waals surface area contributed by atoms with E-state index in [4.69, 9.17) is 23.7 Å². The number of methoxy groups -OCH3 is 1. The van der Waals surface area contributed by atoms with Gasteiger partial charge in [0, 0.05) is 12.0 Å². The fourth-order valence-corrected chi connectivity index (χ4v) is 6.50. The number of nitrogens with zero attached hydrogens (tertiary/aromatic N) is 1. The van der Waals surface area contributed by atoms with Gasteiger partial charge in [-0.3, -0.25) is 9.69 Å². The Morgan fingerprint density at radius 2 is 1.97 bits per heavy atom. The molecule has 196 valence electrons. The molecule has 8 heteroatoms. The second-order valence-electron chi connectivity index (χ2n) is 11.7. The molecular formula is C29H33NO7. The normalized spacial score (nSPS) is 31.5. The first-order valence-electron chi connectivity index (χ1n) is 13.0. The minimum absolute atomic E-state index is 0.0411. The van der Waals surface area contributed by atoms with Crippen LogP contribution in [0.15, 0.2) is 24.0 Å². The van der Waals surface area contributed by atoms with E-state index in [1.54, 1.807) is 7.11 Å². The van der Waals surface area contributed by atoms with E-state index in [0.717, 1.165) is 49.2 Å². The molecular weight excluding hydrogens is 474 g/mol. The smallest absolute Gasteiger partial charge is 0.353 e. The lowest BCUT2D eigenvalue weighted by molar-refractivity contribution is -0.210. The molecule has 1 aliphatic carbocycles. The highest BCUT2D eigenvalue weighted by Crippen LogP contribution is 2.56. The number of ether oxygens (including phenoxy) is 5. The molecule has 1 aromatic carbocycles. The molecule has 1 spiro atoms. The van der Waals surface area contributed by atoms with Crippen LogP contribution in [0.1, 0.15) is 63.5 Å². The summed E-state index contributed by atoms with van der Waals surface area (Å²) >= 11 is 0. The minimum atomic E-state index is -1.39. The SMILES string of the molecule is COC1=C[C@]23CCCN2CCc2cc4c(cc2[C@@H]3[C@@H]1OC(=O)[C@@]1(CC#CC(C)(C)C)CC(=O)O1)OCO4. The predicted molar refractivity (Wildman–Crippen MR) is 133 cm³/mol. The molecule has 6 rings (SSSR count). The van der Waals surface area contributed by atoms with Crippen molar-refractivity contribution in [2.24, 2.45) is 5.41 Å². The van der Waals surface area contributed by atoms with E-state index in [0.29, 0.717) is 11.5 Å². The summed E-state index contributed by atoms with van der Waals surface area (Å²) in [7, 11) is 1.61. The highest BCUT2D eigenvalue weighted by atomic mass is 16.7. The van der Waals surface area contributed by atoms with Crippen LogP contribution in [0.5, 0.6) is 11.5 Å². The molecule has 5 aliphatic rings. The maximum atomic E-state index is 13.7. The largest absolute Gasteiger partial charge is 0.497 e. The van der Waals surface area contributed by atoms with Crippen LogP contribution in [0.2, 0.25) is 0 Å². The summed E-state index contributed by atoms with van der Waals surface area (Å²) in [6, 6.07) is 4.11. The second kappa shape index (κ2) is 8.42. The van der Waals surface area contributed by atoms with Crippen molar-refractivity contribution in [3.8, 4) is 23.3 Å². The van der Waals surface area contributed by atoms with Crippen molar-refractivity contribution in [3.05, 3.63) is 35.1 Å². The third-order valence-corrected chi connectivity index (χ3v) is 8.15. The van der Waals surface area contributed by atoms with E-state index in [9.17, 15) is 9.59 Å². The zero-order valence-electron chi connectivity index (χ0n) is 21.8. The van der Waals surface area contributed by atoms with E-state index in [2.05, 4.69) is 28.9 Å². The molecule has 0 unspecified atom stereocenters. The lowest BCUT2D eigenvalue weighted by Crippen LogP contribution is -2.56. The summed E-state index contributed by atoms with van der Waals surface area (Å²) < 4.78 is 29.0. The molecule has 2 saturated heterocycles. The number of carbonyl (C=O) groups is 2. The van der Waals surface area contributed by atoms with Crippen molar-refractivity contribution in [2.45, 2.75) is 76.0 Å². The topological polar surface area (TPSA) is 83.5 Å². The molecule has 1 aromatic rings. The number of hydrogen-bond acceptors (Lipinski definition) is 8. The molecule has 4 aliphatic heterocycles. The highest BCUT2D eigenvalue weighted by molar-refractivity contribution is 5.94.